The lowest BCUT2D eigenvalue weighted by atomic mass is 10.1. The molecule has 158 valence electrons. The Bertz CT molecular complexity index is 900. The van der Waals surface area contributed by atoms with Crippen molar-refractivity contribution in [1.29, 1.82) is 0 Å². The first-order valence-corrected chi connectivity index (χ1v) is 10.6. The Hall–Kier alpha value is -2.87. The van der Waals surface area contributed by atoms with Gasteiger partial charge in [-0.1, -0.05) is 22.9 Å². The van der Waals surface area contributed by atoms with E-state index in [0.717, 1.165) is 10.9 Å². The Morgan fingerprint density at radius 3 is 2.50 bits per heavy atom. The number of hydrogen-bond donors (Lipinski definition) is 2. The first kappa shape index (κ1) is 21.8. The number of rotatable bonds is 8. The molecule has 7 nitrogen and oxygen atoms in total. The van der Waals surface area contributed by atoms with Gasteiger partial charge in [0.25, 0.3) is 5.91 Å². The number of ether oxygens (including phenoxy) is 1. The quantitative estimate of drug-likeness (QED) is 0.615. The van der Waals surface area contributed by atoms with E-state index in [9.17, 15) is 14.4 Å². The zero-order valence-electron chi connectivity index (χ0n) is 16.7. The number of carbonyl (C=O) groups excluding carboxylic acids is 3. The number of benzene rings is 2. The molecule has 3 rings (SSSR count). The van der Waals surface area contributed by atoms with Crippen LogP contribution in [0.1, 0.15) is 19.8 Å². The summed E-state index contributed by atoms with van der Waals surface area (Å²) in [7, 11) is 0. The minimum Gasteiger partial charge on any atom is -0.484 e. The molecule has 0 bridgehead atoms. The van der Waals surface area contributed by atoms with Gasteiger partial charge in [0.05, 0.1) is 5.92 Å². The molecule has 2 aromatic carbocycles. The molecule has 0 unspecified atom stereocenters. The molecule has 2 aromatic rings. The second-order valence-electron chi connectivity index (χ2n) is 7.03. The molecule has 0 radical (unpaired) electrons. The van der Waals surface area contributed by atoms with Crippen LogP contribution in [0, 0.1) is 5.92 Å². The molecule has 0 spiro atoms. The van der Waals surface area contributed by atoms with Crippen molar-refractivity contribution < 1.29 is 19.1 Å². The second-order valence-corrected chi connectivity index (χ2v) is 7.95. The molecule has 3 amide bonds. The van der Waals surface area contributed by atoms with E-state index >= 15 is 0 Å². The Kier molecular flexibility index (Phi) is 7.46. The Morgan fingerprint density at radius 1 is 1.13 bits per heavy atom. The van der Waals surface area contributed by atoms with Gasteiger partial charge in [0.15, 0.2) is 6.61 Å². The molecule has 1 saturated heterocycles. The van der Waals surface area contributed by atoms with Gasteiger partial charge >= 0.3 is 0 Å². The number of nitrogens with one attached hydrogen (secondary N) is 2. The highest BCUT2D eigenvalue weighted by atomic mass is 79.9. The summed E-state index contributed by atoms with van der Waals surface area (Å²) < 4.78 is 6.45. The lowest BCUT2D eigenvalue weighted by molar-refractivity contribution is -0.126. The van der Waals surface area contributed by atoms with Gasteiger partial charge in [0.1, 0.15) is 5.75 Å². The summed E-state index contributed by atoms with van der Waals surface area (Å²) in [5.74, 6) is -0.230. The van der Waals surface area contributed by atoms with Crippen molar-refractivity contribution in [2.24, 2.45) is 5.92 Å². The maximum Gasteiger partial charge on any atom is 0.262 e. The predicted molar refractivity (Wildman–Crippen MR) is 118 cm³/mol. The molecule has 1 fully saturated rings. The van der Waals surface area contributed by atoms with Crippen LogP contribution in [-0.4, -0.2) is 37.4 Å². The van der Waals surface area contributed by atoms with E-state index < -0.39 is 0 Å². The summed E-state index contributed by atoms with van der Waals surface area (Å²) >= 11 is 3.35. The maximum absolute atomic E-state index is 12.3. The number of nitrogens with zero attached hydrogens (tertiary/aromatic N) is 1. The standard InChI is InChI=1S/C22H24BrN3O4/c1-2-11-24-22(29)15-12-21(28)26(13-15)18-7-9-19(10-8-18)30-14-20(27)25-17-5-3-16(23)4-6-17/h3-10,15H,2,11-14H2,1H3,(H,24,29)(H,25,27)/t15-/m1/s1. The molecular weight excluding hydrogens is 450 g/mol. The molecular formula is C22H24BrN3O4. The fourth-order valence-corrected chi connectivity index (χ4v) is 3.39. The highest BCUT2D eigenvalue weighted by Crippen LogP contribution is 2.27. The summed E-state index contributed by atoms with van der Waals surface area (Å²) in [4.78, 5) is 38.1. The van der Waals surface area contributed by atoms with Crippen LogP contribution < -0.4 is 20.3 Å². The number of anilines is 2. The molecule has 0 saturated carbocycles. The summed E-state index contributed by atoms with van der Waals surface area (Å²) in [5, 5.41) is 5.60. The van der Waals surface area contributed by atoms with Gasteiger partial charge in [0.2, 0.25) is 11.8 Å². The monoisotopic (exact) mass is 473 g/mol. The van der Waals surface area contributed by atoms with Crippen LogP contribution in [0.25, 0.3) is 0 Å². The Balaban J connectivity index is 1.51. The number of hydrogen-bond acceptors (Lipinski definition) is 4. The van der Waals surface area contributed by atoms with Crippen LogP contribution in [0.4, 0.5) is 11.4 Å². The summed E-state index contributed by atoms with van der Waals surface area (Å²) in [6.07, 6.45) is 1.07. The van der Waals surface area contributed by atoms with Crippen LogP contribution in [0.15, 0.2) is 53.0 Å². The zero-order valence-corrected chi connectivity index (χ0v) is 18.3. The van der Waals surface area contributed by atoms with Gasteiger partial charge in [-0.25, -0.2) is 0 Å². The van der Waals surface area contributed by atoms with Gasteiger partial charge in [-0.05, 0) is 55.0 Å². The number of carbonyl (C=O) groups is 3. The molecule has 0 aromatic heterocycles. The first-order chi connectivity index (χ1) is 14.5. The lowest BCUT2D eigenvalue weighted by Gasteiger charge is -2.17. The summed E-state index contributed by atoms with van der Waals surface area (Å²) in [6.45, 7) is 2.84. The van der Waals surface area contributed by atoms with Crippen molar-refractivity contribution in [1.82, 2.24) is 5.32 Å². The number of amides is 3. The Morgan fingerprint density at radius 2 is 1.83 bits per heavy atom. The SMILES string of the molecule is CCCNC(=O)[C@@H]1CC(=O)N(c2ccc(OCC(=O)Nc3ccc(Br)cc3)cc2)C1. The average Bonchev–Trinajstić information content (AvgIpc) is 3.14. The minimum absolute atomic E-state index is 0.0748. The second kappa shape index (κ2) is 10.2. The molecule has 1 aliphatic heterocycles. The van der Waals surface area contributed by atoms with Crippen LogP contribution in [0.5, 0.6) is 5.75 Å². The van der Waals surface area contributed by atoms with Crippen LogP contribution in [0.3, 0.4) is 0 Å². The fourth-order valence-electron chi connectivity index (χ4n) is 3.13. The van der Waals surface area contributed by atoms with Crippen molar-refractivity contribution in [3.63, 3.8) is 0 Å². The fraction of sp³-hybridized carbons (Fsp3) is 0.318. The van der Waals surface area contributed by atoms with E-state index in [1.54, 1.807) is 41.3 Å². The van der Waals surface area contributed by atoms with Gasteiger partial charge in [-0.15, -0.1) is 0 Å². The van der Waals surface area contributed by atoms with Crippen molar-refractivity contribution in [2.75, 3.05) is 29.9 Å². The lowest BCUT2D eigenvalue weighted by Crippen LogP contribution is -2.33. The maximum atomic E-state index is 12.3. The van der Waals surface area contributed by atoms with E-state index in [1.165, 1.54) is 0 Å². The van der Waals surface area contributed by atoms with Crippen LogP contribution in [-0.2, 0) is 14.4 Å². The van der Waals surface area contributed by atoms with Gasteiger partial charge in [0, 0.05) is 35.4 Å². The third-order valence-electron chi connectivity index (χ3n) is 4.69. The van der Waals surface area contributed by atoms with Crippen molar-refractivity contribution in [3.8, 4) is 5.75 Å². The topological polar surface area (TPSA) is 87.7 Å². The highest BCUT2D eigenvalue weighted by molar-refractivity contribution is 9.10. The molecule has 30 heavy (non-hydrogen) atoms. The van der Waals surface area contributed by atoms with Crippen LogP contribution in [0.2, 0.25) is 0 Å². The third-order valence-corrected chi connectivity index (χ3v) is 5.22. The van der Waals surface area contributed by atoms with E-state index in [4.69, 9.17) is 4.74 Å². The van der Waals surface area contributed by atoms with Gasteiger partial charge in [-0.3, -0.25) is 14.4 Å². The first-order valence-electron chi connectivity index (χ1n) is 9.82. The molecule has 2 N–H and O–H groups in total. The third kappa shape index (κ3) is 5.82. The smallest absolute Gasteiger partial charge is 0.262 e. The predicted octanol–water partition coefficient (Wildman–Crippen LogP) is 3.35. The molecule has 1 heterocycles. The number of halogens is 1. The normalized spacial score (nSPS) is 15.7. The van der Waals surface area contributed by atoms with Crippen LogP contribution >= 0.6 is 15.9 Å². The molecule has 1 atom stereocenters. The van der Waals surface area contributed by atoms with E-state index in [2.05, 4.69) is 26.6 Å². The Labute approximate surface area is 183 Å². The zero-order chi connectivity index (χ0) is 21.5. The molecule has 1 aliphatic rings. The van der Waals surface area contributed by atoms with Gasteiger partial charge < -0.3 is 20.3 Å². The minimum atomic E-state index is -0.331. The molecule has 0 aliphatic carbocycles. The van der Waals surface area contributed by atoms with Crippen molar-refractivity contribution >= 4 is 45.0 Å². The summed E-state index contributed by atoms with van der Waals surface area (Å²) in [6, 6.07) is 14.2. The highest BCUT2D eigenvalue weighted by Gasteiger charge is 2.34. The summed E-state index contributed by atoms with van der Waals surface area (Å²) in [5.41, 5.74) is 1.39. The van der Waals surface area contributed by atoms with E-state index in [1.807, 2.05) is 19.1 Å². The average molecular weight is 474 g/mol. The van der Waals surface area contributed by atoms with Crippen molar-refractivity contribution in [3.05, 3.63) is 53.0 Å². The van der Waals surface area contributed by atoms with E-state index in [-0.39, 0.29) is 36.7 Å². The largest absolute Gasteiger partial charge is 0.484 e. The van der Waals surface area contributed by atoms with Gasteiger partial charge in [-0.2, -0.15) is 0 Å². The molecule has 8 heteroatoms. The van der Waals surface area contributed by atoms with Crippen molar-refractivity contribution in [2.45, 2.75) is 19.8 Å². The van der Waals surface area contributed by atoms with E-state index in [0.29, 0.717) is 30.2 Å².